The van der Waals surface area contributed by atoms with Crippen LogP contribution in [0.15, 0.2) is 17.5 Å². The van der Waals surface area contributed by atoms with Gasteiger partial charge in [0.05, 0.1) is 6.42 Å². The van der Waals surface area contributed by atoms with Crippen molar-refractivity contribution in [2.75, 3.05) is 13.1 Å². The van der Waals surface area contributed by atoms with Gasteiger partial charge < -0.3 is 4.90 Å². The fourth-order valence-corrected chi connectivity index (χ4v) is 2.61. The summed E-state index contributed by atoms with van der Waals surface area (Å²) in [7, 11) is 0. The minimum atomic E-state index is 0.000959. The molecular formula is C12H15NO2S. The molecular weight excluding hydrogens is 222 g/mol. The molecule has 1 saturated heterocycles. The summed E-state index contributed by atoms with van der Waals surface area (Å²) >= 11 is 1.60. The van der Waals surface area contributed by atoms with Crippen LogP contribution < -0.4 is 0 Å². The Balaban J connectivity index is 1.93. The van der Waals surface area contributed by atoms with Crippen LogP contribution in [0, 0.1) is 5.92 Å². The van der Waals surface area contributed by atoms with Crippen molar-refractivity contribution in [3.05, 3.63) is 22.4 Å². The summed E-state index contributed by atoms with van der Waals surface area (Å²) in [5, 5.41) is 1.98. The molecule has 1 aliphatic heterocycles. The summed E-state index contributed by atoms with van der Waals surface area (Å²) in [5.74, 6) is 0.419. The van der Waals surface area contributed by atoms with Crippen molar-refractivity contribution in [1.82, 2.24) is 4.90 Å². The van der Waals surface area contributed by atoms with E-state index in [0.717, 1.165) is 4.88 Å². The first-order valence-electron chi connectivity index (χ1n) is 5.49. The maximum Gasteiger partial charge on any atom is 0.227 e. The van der Waals surface area contributed by atoms with Crippen molar-refractivity contribution in [3.63, 3.8) is 0 Å². The first-order chi connectivity index (χ1) is 7.66. The summed E-state index contributed by atoms with van der Waals surface area (Å²) in [6.07, 6.45) is 0.982. The third-order valence-corrected chi connectivity index (χ3v) is 3.81. The number of hydrogen-bond donors (Lipinski definition) is 0. The normalized spacial score (nSPS) is 21.2. The van der Waals surface area contributed by atoms with Gasteiger partial charge in [0.15, 0.2) is 0 Å². The molecule has 1 unspecified atom stereocenters. The van der Waals surface area contributed by atoms with E-state index in [1.54, 1.807) is 11.3 Å². The van der Waals surface area contributed by atoms with Crippen molar-refractivity contribution in [2.45, 2.75) is 19.8 Å². The number of nitrogens with zero attached hydrogens (tertiary/aromatic N) is 1. The van der Waals surface area contributed by atoms with Gasteiger partial charge in [-0.25, -0.2) is 0 Å². The third kappa shape index (κ3) is 2.50. The van der Waals surface area contributed by atoms with Crippen molar-refractivity contribution in [2.24, 2.45) is 5.92 Å². The maximum atomic E-state index is 11.9. The average molecular weight is 237 g/mol. The van der Waals surface area contributed by atoms with Crippen LogP contribution in [0.5, 0.6) is 0 Å². The van der Waals surface area contributed by atoms with E-state index in [2.05, 4.69) is 0 Å². The lowest BCUT2D eigenvalue weighted by Gasteiger charge is -2.30. The van der Waals surface area contributed by atoms with Gasteiger partial charge in [0.2, 0.25) is 5.91 Å². The molecule has 1 amide bonds. The van der Waals surface area contributed by atoms with Crippen LogP contribution in [0.4, 0.5) is 0 Å². The molecule has 1 atom stereocenters. The molecule has 0 saturated carbocycles. The van der Waals surface area contributed by atoms with E-state index in [4.69, 9.17) is 0 Å². The molecule has 0 radical (unpaired) electrons. The topological polar surface area (TPSA) is 37.4 Å². The molecule has 1 aliphatic rings. The lowest BCUT2D eigenvalue weighted by molar-refractivity contribution is -0.136. The number of carbonyl (C=O) groups is 2. The second-order valence-corrected chi connectivity index (χ2v) is 5.25. The molecule has 2 heterocycles. The number of piperidine rings is 1. The summed E-state index contributed by atoms with van der Waals surface area (Å²) in [5.41, 5.74) is 0. The zero-order valence-corrected chi connectivity index (χ0v) is 10.1. The minimum Gasteiger partial charge on any atom is -0.341 e. The molecule has 4 heteroatoms. The number of rotatable bonds is 2. The molecule has 0 spiro atoms. The Hall–Kier alpha value is -1.16. The lowest BCUT2D eigenvalue weighted by atomic mass is 9.98. The van der Waals surface area contributed by atoms with E-state index in [0.29, 0.717) is 25.9 Å². The van der Waals surface area contributed by atoms with Crippen molar-refractivity contribution < 1.29 is 9.59 Å². The zero-order chi connectivity index (χ0) is 11.5. The van der Waals surface area contributed by atoms with Gasteiger partial charge in [-0.2, -0.15) is 0 Å². The second-order valence-electron chi connectivity index (χ2n) is 4.21. The highest BCUT2D eigenvalue weighted by molar-refractivity contribution is 7.10. The standard InChI is InChI=1S/C12H15NO2S/c1-9-8-13(5-4-11(9)14)12(15)7-10-3-2-6-16-10/h2-3,6,9H,4-5,7-8H2,1H3. The summed E-state index contributed by atoms with van der Waals surface area (Å²) in [6.45, 7) is 3.07. The van der Waals surface area contributed by atoms with Gasteiger partial charge >= 0.3 is 0 Å². The number of likely N-dealkylation sites (tertiary alicyclic amines) is 1. The zero-order valence-electron chi connectivity index (χ0n) is 9.31. The van der Waals surface area contributed by atoms with E-state index in [1.807, 2.05) is 29.3 Å². The highest BCUT2D eigenvalue weighted by atomic mass is 32.1. The fourth-order valence-electron chi connectivity index (χ4n) is 1.92. The van der Waals surface area contributed by atoms with Gasteiger partial charge in [0, 0.05) is 30.3 Å². The Morgan fingerprint density at radius 3 is 3.06 bits per heavy atom. The van der Waals surface area contributed by atoms with Crippen LogP contribution in [0.1, 0.15) is 18.2 Å². The summed E-state index contributed by atoms with van der Waals surface area (Å²) in [4.78, 5) is 26.2. The number of thiophene rings is 1. The number of ketones is 1. The predicted octanol–water partition coefficient (Wildman–Crippen LogP) is 1.73. The quantitative estimate of drug-likeness (QED) is 0.785. The molecule has 0 aliphatic carbocycles. The van der Waals surface area contributed by atoms with E-state index < -0.39 is 0 Å². The van der Waals surface area contributed by atoms with E-state index in [9.17, 15) is 9.59 Å². The number of hydrogen-bond acceptors (Lipinski definition) is 3. The van der Waals surface area contributed by atoms with Crippen LogP contribution >= 0.6 is 11.3 Å². The molecule has 1 aromatic heterocycles. The molecule has 16 heavy (non-hydrogen) atoms. The third-order valence-electron chi connectivity index (χ3n) is 2.93. The molecule has 2 rings (SSSR count). The molecule has 3 nitrogen and oxygen atoms in total. The molecule has 0 aromatic carbocycles. The Morgan fingerprint density at radius 2 is 2.44 bits per heavy atom. The average Bonchev–Trinajstić information content (AvgIpc) is 2.74. The fraction of sp³-hybridized carbons (Fsp3) is 0.500. The van der Waals surface area contributed by atoms with Gasteiger partial charge in [-0.05, 0) is 11.4 Å². The minimum absolute atomic E-state index is 0.000959. The monoisotopic (exact) mass is 237 g/mol. The second kappa shape index (κ2) is 4.78. The highest BCUT2D eigenvalue weighted by Gasteiger charge is 2.26. The van der Waals surface area contributed by atoms with Crippen molar-refractivity contribution >= 4 is 23.0 Å². The van der Waals surface area contributed by atoms with E-state index in [-0.39, 0.29) is 17.6 Å². The highest BCUT2D eigenvalue weighted by Crippen LogP contribution is 2.15. The smallest absolute Gasteiger partial charge is 0.227 e. The van der Waals surface area contributed by atoms with Gasteiger partial charge in [0.1, 0.15) is 5.78 Å². The predicted molar refractivity (Wildman–Crippen MR) is 63.4 cm³/mol. The van der Waals surface area contributed by atoms with Crippen molar-refractivity contribution in [1.29, 1.82) is 0 Å². The number of Topliss-reactive ketones (excluding diaryl/α,β-unsaturated/α-hetero) is 1. The van der Waals surface area contributed by atoms with Gasteiger partial charge in [-0.1, -0.05) is 13.0 Å². The first-order valence-corrected chi connectivity index (χ1v) is 6.37. The largest absolute Gasteiger partial charge is 0.341 e. The number of amides is 1. The first kappa shape index (κ1) is 11.3. The van der Waals surface area contributed by atoms with Crippen LogP contribution in [0.25, 0.3) is 0 Å². The van der Waals surface area contributed by atoms with Crippen LogP contribution in [-0.2, 0) is 16.0 Å². The van der Waals surface area contributed by atoms with E-state index >= 15 is 0 Å². The molecule has 0 N–H and O–H groups in total. The Bertz CT molecular complexity index is 386. The van der Waals surface area contributed by atoms with Gasteiger partial charge in [-0.3, -0.25) is 9.59 Å². The SMILES string of the molecule is CC1CN(C(=O)Cc2cccs2)CCC1=O. The maximum absolute atomic E-state index is 11.9. The number of carbonyl (C=O) groups excluding carboxylic acids is 2. The molecule has 1 aromatic rings. The summed E-state index contributed by atoms with van der Waals surface area (Å²) in [6, 6.07) is 3.93. The van der Waals surface area contributed by atoms with Crippen LogP contribution in [-0.4, -0.2) is 29.7 Å². The van der Waals surface area contributed by atoms with Gasteiger partial charge in [-0.15, -0.1) is 11.3 Å². The van der Waals surface area contributed by atoms with Gasteiger partial charge in [0.25, 0.3) is 0 Å². The van der Waals surface area contributed by atoms with Crippen LogP contribution in [0.3, 0.4) is 0 Å². The van der Waals surface area contributed by atoms with Crippen molar-refractivity contribution in [3.8, 4) is 0 Å². The Kier molecular flexibility index (Phi) is 3.39. The lowest BCUT2D eigenvalue weighted by Crippen LogP contribution is -2.43. The molecule has 1 fully saturated rings. The Morgan fingerprint density at radius 1 is 1.62 bits per heavy atom. The molecule has 0 bridgehead atoms. The van der Waals surface area contributed by atoms with Crippen LogP contribution in [0.2, 0.25) is 0 Å². The molecule has 86 valence electrons. The Labute approximate surface area is 99.1 Å². The summed E-state index contributed by atoms with van der Waals surface area (Å²) < 4.78 is 0. The van der Waals surface area contributed by atoms with E-state index in [1.165, 1.54) is 0 Å².